The number of nitrogens with one attached hydrogen (secondary N) is 2. The predicted octanol–water partition coefficient (Wildman–Crippen LogP) is 7.79. The Kier molecular flexibility index (Phi) is 10.6. The van der Waals surface area contributed by atoms with Crippen LogP contribution in [0.4, 0.5) is 0 Å². The largest absolute Gasteiger partial charge is 0.481 e. The summed E-state index contributed by atoms with van der Waals surface area (Å²) in [6.07, 6.45) is 10.3. The molecular formula is C39H41Cl2N5O4. The number of ether oxygens (including phenoxy) is 2. The number of methoxy groups -OCH3 is 1. The number of pyridine rings is 1. The standard InChI is InChI=1S/C39H41Cl2N5O4/c1-49-38-24(5-2-6-25-13-18-35(48)44-25)12-17-32(45-38)30-9-3-7-28(36(30)40)29-8-4-10-31(37(29)41)33-22-43-34(39(46-33)50-27-15-16-27)21-42-20-23-11-14-26(47)19-23/h3-4,7-10,12,17,22-23,25,27,42H,2,5-6,11,13-16,18-21H2,1H3,(H,44,48)/t23-,25-/m1/s1. The first kappa shape index (κ1) is 34.4. The monoisotopic (exact) mass is 713 g/mol. The third kappa shape index (κ3) is 7.96. The van der Waals surface area contributed by atoms with Crippen LogP contribution in [0.15, 0.2) is 54.7 Å². The summed E-state index contributed by atoms with van der Waals surface area (Å²) in [7, 11) is 1.63. The SMILES string of the molecule is COc1nc(-c2cccc(-c3cccc(-c4cnc(CNC[C@@H]5CCC(=O)C5)c(OC5CC5)n4)c3Cl)c2Cl)ccc1CCC[C@@H]1CCC(=O)N1. The van der Waals surface area contributed by atoms with Crippen LogP contribution in [0.3, 0.4) is 0 Å². The van der Waals surface area contributed by atoms with Crippen molar-refractivity contribution >= 4 is 34.9 Å². The lowest BCUT2D eigenvalue weighted by atomic mass is 9.98. The van der Waals surface area contributed by atoms with Crippen LogP contribution in [-0.4, -0.2) is 52.4 Å². The maximum Gasteiger partial charge on any atom is 0.237 e. The highest BCUT2D eigenvalue weighted by atomic mass is 35.5. The van der Waals surface area contributed by atoms with E-state index < -0.39 is 0 Å². The van der Waals surface area contributed by atoms with Gasteiger partial charge in [-0.1, -0.05) is 65.7 Å². The zero-order valence-corrected chi connectivity index (χ0v) is 29.7. The minimum absolute atomic E-state index is 0.139. The molecule has 2 atom stereocenters. The number of Topliss-reactive ketones (excluding diaryl/α,β-unsaturated/α-hetero) is 1. The minimum atomic E-state index is 0.139. The number of nitrogens with zero attached hydrogens (tertiary/aromatic N) is 3. The van der Waals surface area contributed by atoms with Gasteiger partial charge in [0.25, 0.3) is 0 Å². The van der Waals surface area contributed by atoms with E-state index in [9.17, 15) is 9.59 Å². The molecule has 11 heteroatoms. The van der Waals surface area contributed by atoms with Crippen molar-refractivity contribution in [2.45, 2.75) is 82.9 Å². The number of halogens is 2. The molecule has 2 saturated carbocycles. The van der Waals surface area contributed by atoms with Gasteiger partial charge in [-0.3, -0.25) is 14.6 Å². The third-order valence-electron chi connectivity index (χ3n) is 9.74. The molecule has 260 valence electrons. The van der Waals surface area contributed by atoms with Crippen LogP contribution in [0.2, 0.25) is 10.0 Å². The van der Waals surface area contributed by atoms with Crippen LogP contribution in [-0.2, 0) is 22.6 Å². The fourth-order valence-electron chi connectivity index (χ4n) is 6.84. The molecule has 1 amide bonds. The highest BCUT2D eigenvalue weighted by molar-refractivity contribution is 6.39. The molecular weight excluding hydrogens is 673 g/mol. The molecule has 3 fully saturated rings. The number of aryl methyl sites for hydroxylation is 1. The van der Waals surface area contributed by atoms with E-state index >= 15 is 0 Å². The number of carbonyl (C=O) groups is 2. The van der Waals surface area contributed by atoms with Gasteiger partial charge in [0.1, 0.15) is 17.6 Å². The molecule has 4 aromatic rings. The molecule has 2 aromatic carbocycles. The van der Waals surface area contributed by atoms with Crippen LogP contribution >= 0.6 is 23.2 Å². The Labute approximate surface area is 302 Å². The minimum Gasteiger partial charge on any atom is -0.481 e. The van der Waals surface area contributed by atoms with E-state index in [1.807, 2.05) is 48.5 Å². The molecule has 3 heterocycles. The number of ketones is 1. The molecule has 0 unspecified atom stereocenters. The molecule has 1 aliphatic heterocycles. The Morgan fingerprint density at radius 2 is 1.58 bits per heavy atom. The van der Waals surface area contributed by atoms with E-state index in [2.05, 4.69) is 10.6 Å². The number of amides is 1. The normalized spacial score (nSPS) is 18.8. The number of rotatable bonds is 14. The first-order valence-corrected chi connectivity index (χ1v) is 18.3. The Balaban J connectivity index is 1.11. The quantitative estimate of drug-likeness (QED) is 0.136. The first-order valence-electron chi connectivity index (χ1n) is 17.5. The molecule has 0 spiro atoms. The lowest BCUT2D eigenvalue weighted by Gasteiger charge is -2.16. The summed E-state index contributed by atoms with van der Waals surface area (Å²) in [4.78, 5) is 37.7. The average molecular weight is 715 g/mol. The summed E-state index contributed by atoms with van der Waals surface area (Å²) >= 11 is 14.3. The molecule has 0 bridgehead atoms. The highest BCUT2D eigenvalue weighted by Gasteiger charge is 2.27. The van der Waals surface area contributed by atoms with Crippen LogP contribution in [0.1, 0.15) is 69.0 Å². The molecule has 1 saturated heterocycles. The van der Waals surface area contributed by atoms with Crippen molar-refractivity contribution in [1.82, 2.24) is 25.6 Å². The number of carbonyl (C=O) groups excluding carboxylic acids is 2. The van der Waals surface area contributed by atoms with E-state index in [-0.39, 0.29) is 18.1 Å². The predicted molar refractivity (Wildman–Crippen MR) is 195 cm³/mol. The van der Waals surface area contributed by atoms with Gasteiger partial charge < -0.3 is 20.1 Å². The second-order valence-corrected chi connectivity index (χ2v) is 14.3. The van der Waals surface area contributed by atoms with E-state index in [1.165, 1.54) is 0 Å². The summed E-state index contributed by atoms with van der Waals surface area (Å²) in [5.74, 6) is 1.93. The van der Waals surface area contributed by atoms with Crippen LogP contribution in [0.25, 0.3) is 33.6 Å². The van der Waals surface area contributed by atoms with Gasteiger partial charge in [-0.15, -0.1) is 0 Å². The van der Waals surface area contributed by atoms with Crippen molar-refractivity contribution in [1.29, 1.82) is 0 Å². The summed E-state index contributed by atoms with van der Waals surface area (Å²) in [6, 6.07) is 15.9. The zero-order chi connectivity index (χ0) is 34.6. The fourth-order valence-corrected chi connectivity index (χ4v) is 7.49. The van der Waals surface area contributed by atoms with E-state index in [0.717, 1.165) is 85.0 Å². The lowest BCUT2D eigenvalue weighted by molar-refractivity contribution is -0.119. The zero-order valence-electron chi connectivity index (χ0n) is 28.1. The molecule has 7 rings (SSSR count). The molecule has 2 aromatic heterocycles. The Bertz CT molecular complexity index is 1900. The van der Waals surface area contributed by atoms with E-state index in [0.29, 0.717) is 70.7 Å². The molecule has 50 heavy (non-hydrogen) atoms. The molecule has 0 radical (unpaired) electrons. The van der Waals surface area contributed by atoms with Crippen molar-refractivity contribution in [3.63, 3.8) is 0 Å². The smallest absolute Gasteiger partial charge is 0.237 e. The average Bonchev–Trinajstić information content (AvgIpc) is 3.69. The summed E-state index contributed by atoms with van der Waals surface area (Å²) < 4.78 is 11.9. The van der Waals surface area contributed by atoms with Gasteiger partial charge in [-0.2, -0.15) is 0 Å². The summed E-state index contributed by atoms with van der Waals surface area (Å²) in [6.45, 7) is 1.27. The Hall–Kier alpha value is -4.05. The molecule has 2 N–H and O–H groups in total. The number of benzene rings is 2. The highest BCUT2D eigenvalue weighted by Crippen LogP contribution is 2.42. The van der Waals surface area contributed by atoms with Gasteiger partial charge in [-0.25, -0.2) is 9.97 Å². The first-order chi connectivity index (χ1) is 24.4. The fraction of sp³-hybridized carbons (Fsp3) is 0.410. The van der Waals surface area contributed by atoms with Gasteiger partial charge in [0, 0.05) is 59.7 Å². The van der Waals surface area contributed by atoms with Gasteiger partial charge >= 0.3 is 0 Å². The second kappa shape index (κ2) is 15.5. The maximum absolute atomic E-state index is 11.7. The van der Waals surface area contributed by atoms with Crippen molar-refractivity contribution < 1.29 is 19.1 Å². The van der Waals surface area contributed by atoms with Gasteiger partial charge in [0.05, 0.1) is 34.7 Å². The van der Waals surface area contributed by atoms with Crippen molar-refractivity contribution in [3.8, 4) is 45.4 Å². The maximum atomic E-state index is 11.7. The van der Waals surface area contributed by atoms with Crippen molar-refractivity contribution in [3.05, 3.63) is 76.0 Å². The number of hydrogen-bond acceptors (Lipinski definition) is 8. The van der Waals surface area contributed by atoms with Gasteiger partial charge in [0.2, 0.25) is 17.7 Å². The van der Waals surface area contributed by atoms with Crippen LogP contribution < -0.4 is 20.1 Å². The van der Waals surface area contributed by atoms with Crippen LogP contribution in [0.5, 0.6) is 11.8 Å². The second-order valence-electron chi connectivity index (χ2n) is 13.5. The van der Waals surface area contributed by atoms with Gasteiger partial charge in [0.15, 0.2) is 0 Å². The van der Waals surface area contributed by atoms with Crippen molar-refractivity contribution in [2.24, 2.45) is 5.92 Å². The summed E-state index contributed by atoms with van der Waals surface area (Å²) in [5, 5.41) is 7.53. The molecule has 9 nitrogen and oxygen atoms in total. The van der Waals surface area contributed by atoms with E-state index in [1.54, 1.807) is 13.3 Å². The lowest BCUT2D eigenvalue weighted by Crippen LogP contribution is -2.25. The molecule has 3 aliphatic rings. The Morgan fingerprint density at radius 3 is 2.24 bits per heavy atom. The van der Waals surface area contributed by atoms with E-state index in [4.69, 9.17) is 47.6 Å². The van der Waals surface area contributed by atoms with Crippen LogP contribution in [0, 0.1) is 5.92 Å². The number of aromatic nitrogens is 3. The number of hydrogen-bond donors (Lipinski definition) is 2. The Morgan fingerprint density at radius 1 is 0.860 bits per heavy atom. The third-order valence-corrected chi connectivity index (χ3v) is 10.6. The summed E-state index contributed by atoms with van der Waals surface area (Å²) in [5.41, 5.74) is 6.10. The van der Waals surface area contributed by atoms with Crippen molar-refractivity contribution in [2.75, 3.05) is 13.7 Å². The molecule has 2 aliphatic carbocycles. The van der Waals surface area contributed by atoms with Gasteiger partial charge in [-0.05, 0) is 63.5 Å². The topological polar surface area (TPSA) is 115 Å².